The Morgan fingerprint density at radius 2 is 2.00 bits per heavy atom. The lowest BCUT2D eigenvalue weighted by Crippen LogP contribution is -2.03. The van der Waals surface area contributed by atoms with Crippen LogP contribution >= 0.6 is 0 Å². The minimum Gasteiger partial charge on any atom is -0.387 e. The van der Waals surface area contributed by atoms with Crippen LogP contribution in [0.5, 0.6) is 0 Å². The van der Waals surface area contributed by atoms with Gasteiger partial charge in [-0.05, 0) is 18.2 Å². The smallest absolute Gasteiger partial charge is 0.177 e. The summed E-state index contributed by atoms with van der Waals surface area (Å²) in [5.41, 5.74) is 0.406. The van der Waals surface area contributed by atoms with Crippen molar-refractivity contribution < 1.29 is 12.8 Å². The fourth-order valence-electron chi connectivity index (χ4n) is 1.01. The van der Waals surface area contributed by atoms with Crippen LogP contribution in [0, 0.1) is 5.82 Å². The molecule has 0 spiro atoms. The van der Waals surface area contributed by atoms with Gasteiger partial charge in [0.1, 0.15) is 5.82 Å². The van der Waals surface area contributed by atoms with Crippen LogP contribution < -0.4 is 5.32 Å². The van der Waals surface area contributed by atoms with E-state index in [9.17, 15) is 12.8 Å². The lowest BCUT2D eigenvalue weighted by Gasteiger charge is -2.06. The van der Waals surface area contributed by atoms with E-state index >= 15 is 0 Å². The summed E-state index contributed by atoms with van der Waals surface area (Å²) in [6.07, 6.45) is 1.04. The molecule has 13 heavy (non-hydrogen) atoms. The first-order chi connectivity index (χ1) is 5.95. The van der Waals surface area contributed by atoms with Gasteiger partial charge in [0, 0.05) is 13.3 Å². The van der Waals surface area contributed by atoms with E-state index in [0.29, 0.717) is 5.69 Å². The highest BCUT2D eigenvalue weighted by Gasteiger charge is 2.12. The highest BCUT2D eigenvalue weighted by molar-refractivity contribution is 7.90. The molecule has 1 rings (SSSR count). The fraction of sp³-hybridized carbons (Fsp3) is 0.250. The lowest BCUT2D eigenvalue weighted by atomic mass is 10.3. The summed E-state index contributed by atoms with van der Waals surface area (Å²) in [6, 6.07) is 3.60. The summed E-state index contributed by atoms with van der Waals surface area (Å²) < 4.78 is 35.0. The Morgan fingerprint density at radius 1 is 1.38 bits per heavy atom. The van der Waals surface area contributed by atoms with Gasteiger partial charge >= 0.3 is 0 Å². The van der Waals surface area contributed by atoms with Gasteiger partial charge < -0.3 is 5.32 Å². The summed E-state index contributed by atoms with van der Waals surface area (Å²) >= 11 is 0. The topological polar surface area (TPSA) is 46.2 Å². The summed E-state index contributed by atoms with van der Waals surface area (Å²) in [4.78, 5) is -0.0185. The van der Waals surface area contributed by atoms with Crippen LogP contribution in [0.2, 0.25) is 0 Å². The molecule has 3 nitrogen and oxygen atoms in total. The van der Waals surface area contributed by atoms with Crippen LogP contribution in [0.15, 0.2) is 23.1 Å². The number of sulfone groups is 1. The predicted octanol–water partition coefficient (Wildman–Crippen LogP) is 1.27. The van der Waals surface area contributed by atoms with Crippen molar-refractivity contribution >= 4 is 15.5 Å². The van der Waals surface area contributed by atoms with Crippen molar-refractivity contribution in [3.05, 3.63) is 24.0 Å². The molecule has 0 amide bonds. The molecule has 5 heteroatoms. The van der Waals surface area contributed by atoms with E-state index in [4.69, 9.17) is 0 Å². The highest BCUT2D eigenvalue weighted by Crippen LogP contribution is 2.21. The third-order valence-corrected chi connectivity index (χ3v) is 2.75. The summed E-state index contributed by atoms with van der Waals surface area (Å²) in [5, 5.41) is 2.68. The molecule has 1 aromatic carbocycles. The number of nitrogens with one attached hydrogen (secondary N) is 1. The maximum Gasteiger partial charge on any atom is 0.177 e. The number of anilines is 1. The first kappa shape index (κ1) is 9.98. The van der Waals surface area contributed by atoms with E-state index < -0.39 is 15.7 Å². The number of hydrogen-bond acceptors (Lipinski definition) is 3. The zero-order chi connectivity index (χ0) is 10.1. The molecule has 0 aliphatic rings. The predicted molar refractivity (Wildman–Crippen MR) is 49.1 cm³/mol. The first-order valence-electron chi connectivity index (χ1n) is 3.62. The van der Waals surface area contributed by atoms with Crippen LogP contribution in [0.3, 0.4) is 0 Å². The second-order valence-corrected chi connectivity index (χ2v) is 4.65. The largest absolute Gasteiger partial charge is 0.387 e. The normalized spacial score (nSPS) is 11.3. The molecule has 0 bridgehead atoms. The van der Waals surface area contributed by atoms with Gasteiger partial charge in [-0.15, -0.1) is 0 Å². The number of hydrogen-bond donors (Lipinski definition) is 1. The van der Waals surface area contributed by atoms with Gasteiger partial charge in [-0.2, -0.15) is 0 Å². The van der Waals surface area contributed by atoms with E-state index in [2.05, 4.69) is 5.32 Å². The lowest BCUT2D eigenvalue weighted by molar-refractivity contribution is 0.596. The molecule has 0 aliphatic heterocycles. The minimum absolute atomic E-state index is 0.0185. The van der Waals surface area contributed by atoms with E-state index in [1.807, 2.05) is 0 Å². The van der Waals surface area contributed by atoms with Crippen molar-refractivity contribution in [1.82, 2.24) is 0 Å². The van der Waals surface area contributed by atoms with E-state index in [0.717, 1.165) is 12.3 Å². The zero-order valence-electron chi connectivity index (χ0n) is 7.33. The molecule has 1 N–H and O–H groups in total. The Labute approximate surface area is 76.5 Å². The van der Waals surface area contributed by atoms with Gasteiger partial charge in [0.25, 0.3) is 0 Å². The van der Waals surface area contributed by atoms with Crippen molar-refractivity contribution in [3.8, 4) is 0 Å². The van der Waals surface area contributed by atoms with Crippen molar-refractivity contribution in [2.24, 2.45) is 0 Å². The molecule has 0 heterocycles. The molecule has 1 aromatic rings. The summed E-state index contributed by atoms with van der Waals surface area (Å²) in [5.74, 6) is -0.556. The maximum absolute atomic E-state index is 12.7. The molecule has 0 saturated heterocycles. The molecular weight excluding hydrogens is 193 g/mol. The minimum atomic E-state index is -3.37. The molecule has 0 aliphatic carbocycles. The standard InChI is InChI=1S/C8H10FNO2S/c1-10-7-4-3-6(9)5-8(7)13(2,11)12/h3-5,10H,1-2H3. The fourth-order valence-corrected chi connectivity index (χ4v) is 1.91. The number of benzene rings is 1. The van der Waals surface area contributed by atoms with Gasteiger partial charge in [-0.25, -0.2) is 12.8 Å². The molecule has 0 radical (unpaired) electrons. The van der Waals surface area contributed by atoms with E-state index in [-0.39, 0.29) is 4.90 Å². The SMILES string of the molecule is CNc1ccc(F)cc1S(C)(=O)=O. The third-order valence-electron chi connectivity index (χ3n) is 1.61. The Balaban J connectivity index is 3.41. The monoisotopic (exact) mass is 203 g/mol. The van der Waals surface area contributed by atoms with Gasteiger partial charge in [0.05, 0.1) is 10.6 Å². The van der Waals surface area contributed by atoms with Gasteiger partial charge in [0.2, 0.25) is 0 Å². The zero-order valence-corrected chi connectivity index (χ0v) is 8.15. The van der Waals surface area contributed by atoms with Crippen molar-refractivity contribution in [2.75, 3.05) is 18.6 Å². The van der Waals surface area contributed by atoms with E-state index in [1.165, 1.54) is 12.1 Å². The third kappa shape index (κ3) is 2.18. The van der Waals surface area contributed by atoms with Gasteiger partial charge in [-0.1, -0.05) is 0 Å². The molecular formula is C8H10FNO2S. The first-order valence-corrected chi connectivity index (χ1v) is 5.51. The number of rotatable bonds is 2. The molecule has 0 saturated carbocycles. The van der Waals surface area contributed by atoms with Crippen LogP contribution in [0.25, 0.3) is 0 Å². The Bertz CT molecular complexity index is 414. The summed E-state index contributed by atoms with van der Waals surface area (Å²) in [6.45, 7) is 0. The van der Waals surface area contributed by atoms with Crippen molar-refractivity contribution in [1.29, 1.82) is 0 Å². The Hall–Kier alpha value is -1.10. The molecule has 0 unspecified atom stereocenters. The van der Waals surface area contributed by atoms with Gasteiger partial charge in [-0.3, -0.25) is 0 Å². The quantitative estimate of drug-likeness (QED) is 0.787. The average Bonchev–Trinajstić information content (AvgIpc) is 2.03. The van der Waals surface area contributed by atoms with Crippen molar-refractivity contribution in [3.63, 3.8) is 0 Å². The maximum atomic E-state index is 12.7. The molecule has 0 fully saturated rings. The average molecular weight is 203 g/mol. The Kier molecular flexibility index (Phi) is 2.56. The summed E-state index contributed by atoms with van der Waals surface area (Å²) in [7, 11) is -1.79. The molecule has 0 atom stereocenters. The van der Waals surface area contributed by atoms with Crippen molar-refractivity contribution in [2.45, 2.75) is 4.90 Å². The highest BCUT2D eigenvalue weighted by atomic mass is 32.2. The Morgan fingerprint density at radius 3 is 2.46 bits per heavy atom. The van der Waals surface area contributed by atoms with Crippen LogP contribution in [-0.4, -0.2) is 21.7 Å². The second kappa shape index (κ2) is 3.33. The molecule has 0 aromatic heterocycles. The van der Waals surface area contributed by atoms with Gasteiger partial charge in [0.15, 0.2) is 9.84 Å². The van der Waals surface area contributed by atoms with Crippen LogP contribution in [0.4, 0.5) is 10.1 Å². The van der Waals surface area contributed by atoms with Crippen LogP contribution in [-0.2, 0) is 9.84 Å². The molecule has 72 valence electrons. The van der Waals surface area contributed by atoms with Crippen LogP contribution in [0.1, 0.15) is 0 Å². The number of halogens is 1. The van der Waals surface area contributed by atoms with E-state index in [1.54, 1.807) is 7.05 Å². The second-order valence-electron chi connectivity index (χ2n) is 2.66.